The smallest absolute Gasteiger partial charge is 0.254 e. The number of hydrogen-bond donors (Lipinski definition) is 0. The molecule has 1 aliphatic heterocycles. The molecule has 28 heavy (non-hydrogen) atoms. The first kappa shape index (κ1) is 18.5. The van der Waals surface area contributed by atoms with E-state index in [2.05, 4.69) is 15.1 Å². The molecule has 2 heterocycles. The molecule has 3 aromatic rings. The summed E-state index contributed by atoms with van der Waals surface area (Å²) in [5.41, 5.74) is 1.35. The molecule has 0 spiro atoms. The number of amides is 1. The molecule has 2 aromatic carbocycles. The quantitative estimate of drug-likeness (QED) is 0.674. The van der Waals surface area contributed by atoms with Crippen LogP contribution in [0.5, 0.6) is 0 Å². The maximum absolute atomic E-state index is 13.3. The van der Waals surface area contributed by atoms with Gasteiger partial charge in [0.15, 0.2) is 0 Å². The molecule has 1 amide bonds. The zero-order valence-corrected chi connectivity index (χ0v) is 15.8. The molecule has 1 aliphatic rings. The van der Waals surface area contributed by atoms with Crippen molar-refractivity contribution in [2.45, 2.75) is 6.42 Å². The summed E-state index contributed by atoms with van der Waals surface area (Å²) >= 11 is 1.50. The van der Waals surface area contributed by atoms with E-state index in [1.165, 1.54) is 35.6 Å². The first-order chi connectivity index (χ1) is 13.6. The Bertz CT molecular complexity index is 968. The number of aromatic nitrogens is 2. The minimum atomic E-state index is -0.410. The van der Waals surface area contributed by atoms with Gasteiger partial charge >= 0.3 is 0 Å². The topological polar surface area (TPSA) is 49.3 Å². The molecule has 0 bridgehead atoms. The third kappa shape index (κ3) is 4.17. The average molecular weight is 400 g/mol. The van der Waals surface area contributed by atoms with E-state index >= 15 is 0 Å². The Morgan fingerprint density at radius 2 is 1.71 bits per heavy atom. The molecule has 0 unspecified atom stereocenters. The number of piperazine rings is 1. The third-order valence-electron chi connectivity index (χ3n) is 4.63. The Morgan fingerprint density at radius 3 is 2.43 bits per heavy atom. The van der Waals surface area contributed by atoms with Crippen LogP contribution < -0.4 is 4.90 Å². The van der Waals surface area contributed by atoms with E-state index in [0.717, 1.165) is 15.7 Å². The predicted octanol–water partition coefficient (Wildman–Crippen LogP) is 3.37. The zero-order valence-electron chi connectivity index (χ0n) is 15.0. The lowest BCUT2D eigenvalue weighted by Crippen LogP contribution is -2.48. The maximum atomic E-state index is 13.3. The molecule has 1 fully saturated rings. The maximum Gasteiger partial charge on any atom is 0.254 e. The molecule has 1 aromatic heterocycles. The minimum Gasteiger partial charge on any atom is -0.343 e. The average Bonchev–Trinajstić information content (AvgIpc) is 3.18. The molecule has 1 saturated heterocycles. The molecule has 4 rings (SSSR count). The van der Waals surface area contributed by atoms with Crippen molar-refractivity contribution in [1.82, 2.24) is 15.1 Å². The summed E-state index contributed by atoms with van der Waals surface area (Å²) in [7, 11) is 0. The second-order valence-corrected chi connectivity index (χ2v) is 7.61. The van der Waals surface area contributed by atoms with Crippen molar-refractivity contribution in [1.29, 1.82) is 0 Å². The molecule has 0 aliphatic carbocycles. The highest BCUT2D eigenvalue weighted by Gasteiger charge is 2.24. The van der Waals surface area contributed by atoms with E-state index in [0.29, 0.717) is 38.2 Å². The number of halogens is 2. The minimum absolute atomic E-state index is 0.159. The fraction of sp³-hybridized carbons (Fsp3) is 0.250. The molecule has 8 heteroatoms. The summed E-state index contributed by atoms with van der Waals surface area (Å²) in [6.45, 7) is 2.38. The Kier molecular flexibility index (Phi) is 5.29. The van der Waals surface area contributed by atoms with Gasteiger partial charge in [-0.15, -0.1) is 10.2 Å². The second kappa shape index (κ2) is 8.02. The molecular formula is C20H18F2N4OS. The Hall–Kier alpha value is -2.87. The van der Waals surface area contributed by atoms with Gasteiger partial charge in [-0.3, -0.25) is 4.79 Å². The molecule has 0 N–H and O–H groups in total. The van der Waals surface area contributed by atoms with Gasteiger partial charge in [0.05, 0.1) is 0 Å². The molecule has 0 saturated carbocycles. The van der Waals surface area contributed by atoms with Crippen LogP contribution in [0.3, 0.4) is 0 Å². The zero-order chi connectivity index (χ0) is 19.5. The first-order valence-corrected chi connectivity index (χ1v) is 9.77. The van der Waals surface area contributed by atoms with Crippen LogP contribution in [0.15, 0.2) is 48.5 Å². The van der Waals surface area contributed by atoms with E-state index in [-0.39, 0.29) is 11.7 Å². The molecule has 5 nitrogen and oxygen atoms in total. The lowest BCUT2D eigenvalue weighted by atomic mass is 10.2. The SMILES string of the molecule is O=C(c1cccc(F)c1)N1CCN(c2nnc(Cc3ccc(F)cc3)s2)CC1. The fourth-order valence-electron chi connectivity index (χ4n) is 3.13. The van der Waals surface area contributed by atoms with Crippen LogP contribution in [0.1, 0.15) is 20.9 Å². The van der Waals surface area contributed by atoms with Gasteiger partial charge in [0, 0.05) is 38.2 Å². The summed E-state index contributed by atoms with van der Waals surface area (Å²) in [5, 5.41) is 10.2. The number of carbonyl (C=O) groups is 1. The van der Waals surface area contributed by atoms with Gasteiger partial charge < -0.3 is 9.80 Å². The standard InChI is InChI=1S/C20H18F2N4OS/c21-16-6-4-14(5-7-16)12-18-23-24-20(28-18)26-10-8-25(9-11-26)19(27)15-2-1-3-17(22)13-15/h1-7,13H,8-12H2. The van der Waals surface area contributed by atoms with E-state index in [1.54, 1.807) is 29.2 Å². The number of anilines is 1. The van der Waals surface area contributed by atoms with Crippen molar-refractivity contribution < 1.29 is 13.6 Å². The van der Waals surface area contributed by atoms with Crippen molar-refractivity contribution in [2.75, 3.05) is 31.1 Å². The number of rotatable bonds is 4. The fourth-order valence-corrected chi connectivity index (χ4v) is 4.05. The lowest BCUT2D eigenvalue weighted by Gasteiger charge is -2.34. The lowest BCUT2D eigenvalue weighted by molar-refractivity contribution is 0.0746. The van der Waals surface area contributed by atoms with Gasteiger partial charge in [0.25, 0.3) is 5.91 Å². The summed E-state index contributed by atoms with van der Waals surface area (Å²) in [5.74, 6) is -0.826. The summed E-state index contributed by atoms with van der Waals surface area (Å²) in [6, 6.07) is 12.1. The summed E-state index contributed by atoms with van der Waals surface area (Å²) < 4.78 is 26.4. The van der Waals surface area contributed by atoms with Gasteiger partial charge in [0.1, 0.15) is 16.6 Å². The van der Waals surface area contributed by atoms with Crippen LogP contribution >= 0.6 is 11.3 Å². The van der Waals surface area contributed by atoms with Gasteiger partial charge in [-0.1, -0.05) is 29.5 Å². The highest BCUT2D eigenvalue weighted by molar-refractivity contribution is 7.15. The van der Waals surface area contributed by atoms with E-state index < -0.39 is 5.82 Å². The Morgan fingerprint density at radius 1 is 0.964 bits per heavy atom. The predicted molar refractivity (Wildman–Crippen MR) is 104 cm³/mol. The van der Waals surface area contributed by atoms with Crippen molar-refractivity contribution in [3.05, 3.63) is 76.3 Å². The molecule has 0 radical (unpaired) electrons. The van der Waals surface area contributed by atoms with E-state index in [1.807, 2.05) is 0 Å². The monoisotopic (exact) mass is 400 g/mol. The normalized spacial score (nSPS) is 14.4. The van der Waals surface area contributed by atoms with Crippen LogP contribution in [0.25, 0.3) is 0 Å². The molecular weight excluding hydrogens is 382 g/mol. The number of carbonyl (C=O) groups excluding carboxylic acids is 1. The van der Waals surface area contributed by atoms with Crippen LogP contribution in [-0.4, -0.2) is 47.2 Å². The summed E-state index contributed by atoms with van der Waals surface area (Å²) in [4.78, 5) is 16.3. The second-order valence-electron chi connectivity index (χ2n) is 6.57. The van der Waals surface area contributed by atoms with Gasteiger partial charge in [-0.05, 0) is 35.9 Å². The van der Waals surface area contributed by atoms with Gasteiger partial charge in [-0.2, -0.15) is 0 Å². The summed E-state index contributed by atoms with van der Waals surface area (Å²) in [6.07, 6.45) is 0.607. The largest absolute Gasteiger partial charge is 0.343 e. The number of hydrogen-bond acceptors (Lipinski definition) is 5. The highest BCUT2D eigenvalue weighted by atomic mass is 32.1. The Labute approximate surface area is 165 Å². The first-order valence-electron chi connectivity index (χ1n) is 8.95. The third-order valence-corrected chi connectivity index (χ3v) is 5.62. The molecule has 144 valence electrons. The number of benzene rings is 2. The van der Waals surface area contributed by atoms with Crippen LogP contribution in [0, 0.1) is 11.6 Å². The van der Waals surface area contributed by atoms with E-state index in [9.17, 15) is 13.6 Å². The van der Waals surface area contributed by atoms with Crippen LogP contribution in [0.4, 0.5) is 13.9 Å². The van der Waals surface area contributed by atoms with Gasteiger partial charge in [-0.25, -0.2) is 8.78 Å². The van der Waals surface area contributed by atoms with Crippen molar-refractivity contribution >= 4 is 22.4 Å². The molecule has 0 atom stereocenters. The Balaban J connectivity index is 1.35. The van der Waals surface area contributed by atoms with Gasteiger partial charge in [0.2, 0.25) is 5.13 Å². The van der Waals surface area contributed by atoms with Crippen molar-refractivity contribution in [2.24, 2.45) is 0 Å². The van der Waals surface area contributed by atoms with E-state index in [4.69, 9.17) is 0 Å². The van der Waals surface area contributed by atoms with Crippen molar-refractivity contribution in [3.8, 4) is 0 Å². The number of nitrogens with zero attached hydrogens (tertiary/aromatic N) is 4. The highest BCUT2D eigenvalue weighted by Crippen LogP contribution is 2.24. The van der Waals surface area contributed by atoms with Crippen molar-refractivity contribution in [3.63, 3.8) is 0 Å². The van der Waals surface area contributed by atoms with Crippen LogP contribution in [-0.2, 0) is 6.42 Å². The van der Waals surface area contributed by atoms with Crippen LogP contribution in [0.2, 0.25) is 0 Å².